The Kier molecular flexibility index (Phi) is 8.80. The number of nitrogens with zero attached hydrogens (tertiary/aromatic N) is 3. The number of ether oxygens (including phenoxy) is 1. The third kappa shape index (κ3) is 5.22. The molecular weight excluding hydrogens is 415 g/mol. The molecule has 1 saturated heterocycles. The second-order valence-electron chi connectivity index (χ2n) is 6.39. The first-order chi connectivity index (χ1) is 11.1. The van der Waals surface area contributed by atoms with Crippen LogP contribution in [0.15, 0.2) is 11.2 Å². The van der Waals surface area contributed by atoms with Crippen molar-refractivity contribution >= 4 is 29.9 Å². The molecule has 1 fully saturated rings. The van der Waals surface area contributed by atoms with E-state index in [9.17, 15) is 0 Å². The van der Waals surface area contributed by atoms with Crippen molar-refractivity contribution in [3.05, 3.63) is 23.0 Å². The molecule has 2 rings (SSSR count). The maximum absolute atomic E-state index is 5.48. The lowest BCUT2D eigenvalue weighted by molar-refractivity contribution is 0.273. The SMILES string of the molecule is CCNC(=NCc1ncc(C)c(OC)c1C)N1CCC(C)CC1.I. The van der Waals surface area contributed by atoms with Crippen molar-refractivity contribution in [2.75, 3.05) is 26.7 Å². The second-order valence-corrected chi connectivity index (χ2v) is 6.39. The third-order valence-corrected chi connectivity index (χ3v) is 4.55. The van der Waals surface area contributed by atoms with Gasteiger partial charge >= 0.3 is 0 Å². The Balaban J connectivity index is 0.00000288. The third-order valence-electron chi connectivity index (χ3n) is 4.55. The van der Waals surface area contributed by atoms with Gasteiger partial charge in [-0.2, -0.15) is 0 Å². The van der Waals surface area contributed by atoms with Gasteiger partial charge in [-0.1, -0.05) is 6.92 Å². The molecule has 136 valence electrons. The van der Waals surface area contributed by atoms with E-state index in [0.717, 1.165) is 54.1 Å². The summed E-state index contributed by atoms with van der Waals surface area (Å²) < 4.78 is 5.48. The lowest BCUT2D eigenvalue weighted by Crippen LogP contribution is -2.45. The van der Waals surface area contributed by atoms with Crippen LogP contribution in [0.2, 0.25) is 0 Å². The van der Waals surface area contributed by atoms with Crippen LogP contribution in [0.1, 0.15) is 43.5 Å². The van der Waals surface area contributed by atoms with Crippen LogP contribution in [-0.2, 0) is 6.54 Å². The van der Waals surface area contributed by atoms with Crippen molar-refractivity contribution < 1.29 is 4.74 Å². The summed E-state index contributed by atoms with van der Waals surface area (Å²) in [4.78, 5) is 11.7. The number of halogens is 1. The number of nitrogens with one attached hydrogen (secondary N) is 1. The standard InChI is InChI=1S/C18H30N4O.HI/c1-6-19-18(22-9-7-13(2)8-10-22)21-12-16-15(4)17(23-5)14(3)11-20-16;/h11,13H,6-10,12H2,1-5H3,(H,19,21);1H. The maximum Gasteiger partial charge on any atom is 0.194 e. The highest BCUT2D eigenvalue weighted by atomic mass is 127. The summed E-state index contributed by atoms with van der Waals surface area (Å²) >= 11 is 0. The Hall–Kier alpha value is -1.05. The second kappa shape index (κ2) is 10.1. The quantitative estimate of drug-likeness (QED) is 0.437. The van der Waals surface area contributed by atoms with Crippen LogP contribution in [0, 0.1) is 19.8 Å². The fourth-order valence-electron chi connectivity index (χ4n) is 3.03. The smallest absolute Gasteiger partial charge is 0.194 e. The Morgan fingerprint density at radius 3 is 2.62 bits per heavy atom. The van der Waals surface area contributed by atoms with Crippen LogP contribution in [0.5, 0.6) is 5.75 Å². The summed E-state index contributed by atoms with van der Waals surface area (Å²) in [6.45, 7) is 12.1. The molecule has 1 aliphatic heterocycles. The van der Waals surface area contributed by atoms with E-state index in [4.69, 9.17) is 9.73 Å². The van der Waals surface area contributed by atoms with Gasteiger partial charge in [-0.3, -0.25) is 4.98 Å². The topological polar surface area (TPSA) is 49.8 Å². The fourth-order valence-corrected chi connectivity index (χ4v) is 3.03. The van der Waals surface area contributed by atoms with E-state index in [1.54, 1.807) is 7.11 Å². The van der Waals surface area contributed by atoms with E-state index < -0.39 is 0 Å². The zero-order valence-electron chi connectivity index (χ0n) is 15.6. The van der Waals surface area contributed by atoms with Gasteiger partial charge in [0.15, 0.2) is 5.96 Å². The summed E-state index contributed by atoms with van der Waals surface area (Å²) in [5, 5.41) is 3.41. The molecule has 0 unspecified atom stereocenters. The normalized spacial score (nSPS) is 15.9. The highest BCUT2D eigenvalue weighted by Gasteiger charge is 2.18. The molecule has 0 bridgehead atoms. The van der Waals surface area contributed by atoms with Crippen molar-refractivity contribution in [1.82, 2.24) is 15.2 Å². The fraction of sp³-hybridized carbons (Fsp3) is 0.667. The molecule has 0 aromatic carbocycles. The van der Waals surface area contributed by atoms with E-state index in [-0.39, 0.29) is 24.0 Å². The van der Waals surface area contributed by atoms with Crippen molar-refractivity contribution in [2.24, 2.45) is 10.9 Å². The first-order valence-electron chi connectivity index (χ1n) is 8.59. The molecule has 0 saturated carbocycles. The number of aliphatic imine (C=N–C) groups is 1. The Bertz CT molecular complexity index is 554. The summed E-state index contributed by atoms with van der Waals surface area (Å²) in [7, 11) is 1.71. The number of aryl methyl sites for hydroxylation is 1. The minimum absolute atomic E-state index is 0. The maximum atomic E-state index is 5.48. The number of rotatable bonds is 4. The van der Waals surface area contributed by atoms with Crippen LogP contribution in [-0.4, -0.2) is 42.6 Å². The molecule has 0 spiro atoms. The van der Waals surface area contributed by atoms with Gasteiger partial charge in [0.05, 0.1) is 19.3 Å². The highest BCUT2D eigenvalue weighted by molar-refractivity contribution is 14.0. The van der Waals surface area contributed by atoms with Gasteiger partial charge in [0.1, 0.15) is 5.75 Å². The van der Waals surface area contributed by atoms with Crippen LogP contribution in [0.25, 0.3) is 0 Å². The minimum atomic E-state index is 0. The molecular formula is C18H31IN4O. The molecule has 0 atom stereocenters. The van der Waals surface area contributed by atoms with Crippen molar-refractivity contribution in [2.45, 2.75) is 47.1 Å². The van der Waals surface area contributed by atoms with Gasteiger partial charge in [-0.05, 0) is 39.5 Å². The molecule has 1 N–H and O–H groups in total. The van der Waals surface area contributed by atoms with E-state index in [1.807, 2.05) is 13.1 Å². The van der Waals surface area contributed by atoms with Crippen LogP contribution >= 0.6 is 24.0 Å². The van der Waals surface area contributed by atoms with Crippen molar-refractivity contribution in [3.63, 3.8) is 0 Å². The number of methoxy groups -OCH3 is 1. The number of likely N-dealkylation sites (tertiary alicyclic amines) is 1. The largest absolute Gasteiger partial charge is 0.496 e. The first-order valence-corrected chi connectivity index (χ1v) is 8.59. The molecule has 0 amide bonds. The molecule has 2 heterocycles. The number of pyridine rings is 1. The minimum Gasteiger partial charge on any atom is -0.496 e. The molecule has 1 aromatic rings. The number of hydrogen-bond acceptors (Lipinski definition) is 3. The van der Waals surface area contributed by atoms with Gasteiger partial charge in [0, 0.05) is 37.0 Å². The number of guanidine groups is 1. The van der Waals surface area contributed by atoms with Gasteiger partial charge < -0.3 is 15.0 Å². The molecule has 1 aliphatic rings. The predicted molar refractivity (Wildman–Crippen MR) is 110 cm³/mol. The van der Waals surface area contributed by atoms with Crippen LogP contribution < -0.4 is 10.1 Å². The van der Waals surface area contributed by atoms with Crippen LogP contribution in [0.3, 0.4) is 0 Å². The van der Waals surface area contributed by atoms with E-state index in [1.165, 1.54) is 12.8 Å². The van der Waals surface area contributed by atoms with Gasteiger partial charge in [-0.15, -0.1) is 24.0 Å². The zero-order valence-corrected chi connectivity index (χ0v) is 17.9. The Labute approximate surface area is 163 Å². The summed E-state index contributed by atoms with van der Waals surface area (Å²) in [5.74, 6) is 2.74. The first kappa shape index (κ1) is 21.0. The Morgan fingerprint density at radius 2 is 2.04 bits per heavy atom. The molecule has 0 aliphatic carbocycles. The highest BCUT2D eigenvalue weighted by Crippen LogP contribution is 2.24. The monoisotopic (exact) mass is 446 g/mol. The molecule has 5 nitrogen and oxygen atoms in total. The van der Waals surface area contributed by atoms with E-state index in [2.05, 4.69) is 36.0 Å². The van der Waals surface area contributed by atoms with Crippen molar-refractivity contribution in [1.29, 1.82) is 0 Å². The predicted octanol–water partition coefficient (Wildman–Crippen LogP) is 3.52. The summed E-state index contributed by atoms with van der Waals surface area (Å²) in [5.41, 5.74) is 3.13. The number of aromatic nitrogens is 1. The van der Waals surface area contributed by atoms with Gasteiger partial charge in [0.25, 0.3) is 0 Å². The molecule has 6 heteroatoms. The molecule has 1 aromatic heterocycles. The van der Waals surface area contributed by atoms with Gasteiger partial charge in [-0.25, -0.2) is 4.99 Å². The lowest BCUT2D eigenvalue weighted by Gasteiger charge is -2.33. The average molecular weight is 446 g/mol. The van der Waals surface area contributed by atoms with E-state index in [0.29, 0.717) is 6.54 Å². The molecule has 0 radical (unpaired) electrons. The number of hydrogen-bond donors (Lipinski definition) is 1. The van der Waals surface area contributed by atoms with Crippen molar-refractivity contribution in [3.8, 4) is 5.75 Å². The zero-order chi connectivity index (χ0) is 16.8. The van der Waals surface area contributed by atoms with Crippen LogP contribution in [0.4, 0.5) is 0 Å². The Morgan fingerprint density at radius 1 is 1.38 bits per heavy atom. The van der Waals surface area contributed by atoms with Gasteiger partial charge in [0.2, 0.25) is 0 Å². The number of piperidine rings is 1. The molecule has 24 heavy (non-hydrogen) atoms. The summed E-state index contributed by atoms with van der Waals surface area (Å²) in [6.07, 6.45) is 4.34. The average Bonchev–Trinajstić information content (AvgIpc) is 2.54. The summed E-state index contributed by atoms with van der Waals surface area (Å²) in [6, 6.07) is 0. The van der Waals surface area contributed by atoms with E-state index >= 15 is 0 Å². The lowest BCUT2D eigenvalue weighted by atomic mass is 10.00.